The van der Waals surface area contributed by atoms with Crippen molar-refractivity contribution in [3.05, 3.63) is 42.5 Å². The van der Waals surface area contributed by atoms with E-state index in [0.717, 1.165) is 13.1 Å². The number of amides is 1. The van der Waals surface area contributed by atoms with Crippen LogP contribution in [0.4, 0.5) is 0 Å². The van der Waals surface area contributed by atoms with Gasteiger partial charge in [-0.2, -0.15) is 0 Å². The van der Waals surface area contributed by atoms with Gasteiger partial charge in [-0.25, -0.2) is 4.68 Å². The molecule has 1 saturated heterocycles. The maximum Gasteiger partial charge on any atom is 0.251 e. The lowest BCUT2D eigenvalue weighted by Gasteiger charge is -2.19. The number of aromatic nitrogens is 4. The summed E-state index contributed by atoms with van der Waals surface area (Å²) in [6.07, 6.45) is 6.70. The van der Waals surface area contributed by atoms with Gasteiger partial charge >= 0.3 is 0 Å². The Morgan fingerprint density at radius 3 is 2.87 bits per heavy atom. The van der Waals surface area contributed by atoms with Gasteiger partial charge in [0.1, 0.15) is 0 Å². The molecule has 23 heavy (non-hydrogen) atoms. The first-order chi connectivity index (χ1) is 11.3. The first-order valence-corrected chi connectivity index (χ1v) is 7.46. The van der Waals surface area contributed by atoms with Gasteiger partial charge in [0.15, 0.2) is 0 Å². The molecular weight excluding hydrogens is 292 g/mol. The molecule has 0 bridgehead atoms. The number of carbonyl (C=O) groups is 1. The second-order valence-electron chi connectivity index (χ2n) is 5.39. The minimum Gasteiger partial charge on any atom is -0.346 e. The monoisotopic (exact) mass is 310 g/mol. The molecule has 1 aliphatic rings. The normalized spacial score (nSPS) is 20.7. The fourth-order valence-electron chi connectivity index (χ4n) is 2.75. The Labute approximate surface area is 134 Å². The van der Waals surface area contributed by atoms with Gasteiger partial charge in [-0.05, 0) is 19.1 Å². The van der Waals surface area contributed by atoms with Crippen molar-refractivity contribution < 1.29 is 4.79 Å². The number of nitrogens with zero attached hydrogens (tertiary/aromatic N) is 5. The van der Waals surface area contributed by atoms with E-state index in [4.69, 9.17) is 0 Å². The van der Waals surface area contributed by atoms with Gasteiger partial charge in [0, 0.05) is 37.2 Å². The molecule has 7 heteroatoms. The fraction of sp³-hybridized carbons (Fsp3) is 0.375. The van der Waals surface area contributed by atoms with Gasteiger partial charge < -0.3 is 5.32 Å². The maximum absolute atomic E-state index is 12.4. The van der Waals surface area contributed by atoms with Crippen LogP contribution in [0.2, 0.25) is 0 Å². The van der Waals surface area contributed by atoms with Crippen LogP contribution in [0.25, 0.3) is 0 Å². The lowest BCUT2D eigenvalue weighted by atomic mass is 10.1. The third-order valence-electron chi connectivity index (χ3n) is 3.88. The predicted molar refractivity (Wildman–Crippen MR) is 84.4 cm³/mol. The van der Waals surface area contributed by atoms with Crippen LogP contribution in [0, 0.1) is 11.8 Å². The molecule has 1 aliphatic heterocycles. The summed E-state index contributed by atoms with van der Waals surface area (Å²) in [6.45, 7) is 4.02. The summed E-state index contributed by atoms with van der Waals surface area (Å²) in [7, 11) is 0. The molecule has 0 saturated carbocycles. The lowest BCUT2D eigenvalue weighted by molar-refractivity contribution is 0.0929. The maximum atomic E-state index is 12.4. The molecule has 2 aromatic rings. The van der Waals surface area contributed by atoms with Crippen LogP contribution in [0.1, 0.15) is 23.3 Å². The molecule has 7 nitrogen and oxygen atoms in total. The van der Waals surface area contributed by atoms with Crippen LogP contribution in [0.5, 0.6) is 0 Å². The smallest absolute Gasteiger partial charge is 0.251 e. The zero-order chi connectivity index (χ0) is 16.1. The molecule has 3 heterocycles. The Morgan fingerprint density at radius 2 is 2.17 bits per heavy atom. The third kappa shape index (κ3) is 3.55. The van der Waals surface area contributed by atoms with Crippen LogP contribution in [-0.4, -0.2) is 56.5 Å². The van der Waals surface area contributed by atoms with Crippen molar-refractivity contribution in [2.45, 2.75) is 19.0 Å². The molecule has 2 aromatic heterocycles. The van der Waals surface area contributed by atoms with Crippen molar-refractivity contribution in [2.75, 3.05) is 19.6 Å². The summed E-state index contributed by atoms with van der Waals surface area (Å²) in [5.41, 5.74) is 0.601. The number of hydrogen-bond donors (Lipinski definition) is 1. The Kier molecular flexibility index (Phi) is 4.64. The van der Waals surface area contributed by atoms with Crippen LogP contribution in [0.15, 0.2) is 36.9 Å². The third-order valence-corrected chi connectivity index (χ3v) is 3.88. The van der Waals surface area contributed by atoms with Crippen molar-refractivity contribution in [3.63, 3.8) is 0 Å². The number of likely N-dealkylation sites (tertiary alicyclic amines) is 1. The van der Waals surface area contributed by atoms with Crippen LogP contribution in [0.3, 0.4) is 0 Å². The SMILES string of the molecule is CC#CCN1C[C@@H](NC(=O)c2ccncc2)[C@@H](n2ccnn2)C1. The van der Waals surface area contributed by atoms with E-state index < -0.39 is 0 Å². The zero-order valence-electron chi connectivity index (χ0n) is 12.9. The van der Waals surface area contributed by atoms with E-state index in [0.29, 0.717) is 12.1 Å². The van der Waals surface area contributed by atoms with E-state index in [1.54, 1.807) is 35.4 Å². The van der Waals surface area contributed by atoms with Crippen LogP contribution in [-0.2, 0) is 0 Å². The van der Waals surface area contributed by atoms with E-state index in [9.17, 15) is 4.79 Å². The first-order valence-electron chi connectivity index (χ1n) is 7.46. The predicted octanol–water partition coefficient (Wildman–Crippen LogP) is 0.352. The summed E-state index contributed by atoms with van der Waals surface area (Å²) < 4.78 is 1.80. The lowest BCUT2D eigenvalue weighted by Crippen LogP contribution is -2.41. The minimum atomic E-state index is -0.106. The van der Waals surface area contributed by atoms with Crippen LogP contribution < -0.4 is 5.32 Å². The molecule has 0 spiro atoms. The van der Waals surface area contributed by atoms with Crippen molar-refractivity contribution in [3.8, 4) is 11.8 Å². The molecule has 0 radical (unpaired) electrons. The Hall–Kier alpha value is -2.72. The highest BCUT2D eigenvalue weighted by Gasteiger charge is 2.35. The quantitative estimate of drug-likeness (QED) is 0.825. The van der Waals surface area contributed by atoms with Crippen molar-refractivity contribution in [1.29, 1.82) is 0 Å². The van der Waals surface area contributed by atoms with E-state index in [1.807, 2.05) is 13.1 Å². The molecule has 0 aromatic carbocycles. The first kappa shape index (κ1) is 15.2. The number of pyridine rings is 1. The van der Waals surface area contributed by atoms with Gasteiger partial charge in [-0.3, -0.25) is 14.7 Å². The minimum absolute atomic E-state index is 0.0435. The van der Waals surface area contributed by atoms with Gasteiger partial charge in [0.05, 0.1) is 24.8 Å². The van der Waals surface area contributed by atoms with Gasteiger partial charge in [-0.1, -0.05) is 11.1 Å². The van der Waals surface area contributed by atoms with Gasteiger partial charge in [0.2, 0.25) is 0 Å². The van der Waals surface area contributed by atoms with Gasteiger partial charge in [0.25, 0.3) is 5.91 Å². The zero-order valence-corrected chi connectivity index (χ0v) is 12.9. The van der Waals surface area contributed by atoms with Crippen molar-refractivity contribution in [1.82, 2.24) is 30.2 Å². The number of rotatable bonds is 4. The Morgan fingerprint density at radius 1 is 1.35 bits per heavy atom. The van der Waals surface area contributed by atoms with Crippen molar-refractivity contribution >= 4 is 5.91 Å². The average Bonchev–Trinajstić information content (AvgIpc) is 3.23. The standard InChI is InChI=1S/C16H18N6O/c1-2-3-9-21-11-14(15(12-21)22-10-8-18-20-22)19-16(23)13-4-6-17-7-5-13/h4-8,10,14-15H,9,11-12H2,1H3,(H,19,23)/t14-,15+/m1/s1. The van der Waals surface area contributed by atoms with Crippen molar-refractivity contribution in [2.24, 2.45) is 0 Å². The van der Waals surface area contributed by atoms with E-state index in [2.05, 4.69) is 37.4 Å². The van der Waals surface area contributed by atoms with Gasteiger partial charge in [-0.15, -0.1) is 11.0 Å². The fourth-order valence-corrected chi connectivity index (χ4v) is 2.75. The highest BCUT2D eigenvalue weighted by Crippen LogP contribution is 2.21. The number of nitrogens with one attached hydrogen (secondary N) is 1. The highest BCUT2D eigenvalue weighted by molar-refractivity contribution is 5.94. The molecule has 0 aliphatic carbocycles. The number of carbonyl (C=O) groups excluding carboxylic acids is 1. The summed E-state index contributed by atoms with van der Waals surface area (Å²) >= 11 is 0. The molecule has 3 rings (SSSR count). The van der Waals surface area contributed by atoms with E-state index >= 15 is 0 Å². The number of hydrogen-bond acceptors (Lipinski definition) is 5. The highest BCUT2D eigenvalue weighted by atomic mass is 16.1. The molecular formula is C16H18N6O. The molecule has 118 valence electrons. The summed E-state index contributed by atoms with van der Waals surface area (Å²) in [4.78, 5) is 18.5. The summed E-state index contributed by atoms with van der Waals surface area (Å²) in [5.74, 6) is 5.87. The molecule has 0 unspecified atom stereocenters. The van der Waals surface area contributed by atoms with Crippen LogP contribution >= 0.6 is 0 Å². The van der Waals surface area contributed by atoms with E-state index in [1.165, 1.54) is 0 Å². The second-order valence-corrected chi connectivity index (χ2v) is 5.39. The molecule has 1 amide bonds. The summed E-state index contributed by atoms with van der Waals surface area (Å²) in [5, 5.41) is 11.1. The topological polar surface area (TPSA) is 75.9 Å². The van der Waals surface area contributed by atoms with E-state index in [-0.39, 0.29) is 18.0 Å². The summed E-state index contributed by atoms with van der Waals surface area (Å²) in [6, 6.07) is 3.41. The average molecular weight is 310 g/mol. The second kappa shape index (κ2) is 7.03. The Bertz CT molecular complexity index is 703. The Balaban J connectivity index is 1.74. The molecule has 1 fully saturated rings. The molecule has 1 N–H and O–H groups in total. The molecule has 2 atom stereocenters. The largest absolute Gasteiger partial charge is 0.346 e.